The van der Waals surface area contributed by atoms with Gasteiger partial charge in [0.2, 0.25) is 0 Å². The van der Waals surface area contributed by atoms with Crippen molar-refractivity contribution in [3.05, 3.63) is 0 Å². The molecule has 0 fully saturated rings. The van der Waals surface area contributed by atoms with Gasteiger partial charge in [-0.1, -0.05) is 26.2 Å². The average molecular weight is 234 g/mol. The smallest absolute Gasteiger partial charge is 0.320 e. The fraction of sp³-hybridized carbons (Fsp3) is 0.800. The first-order valence-corrected chi connectivity index (χ1v) is 5.29. The molecule has 0 aromatic carbocycles. The van der Waals surface area contributed by atoms with Crippen molar-refractivity contribution in [2.24, 2.45) is 11.5 Å². The predicted molar refractivity (Wildman–Crippen MR) is 61.0 cm³/mol. The number of hydrogen-bond acceptors (Lipinski definition) is 4. The van der Waals surface area contributed by atoms with E-state index in [0.29, 0.717) is 6.42 Å². The minimum Gasteiger partial charge on any atom is -0.480 e. The van der Waals surface area contributed by atoms with E-state index < -0.39 is 24.0 Å². The Morgan fingerprint density at radius 2 is 1.56 bits per heavy atom. The standard InChI is InChI=1S/C7H15NO2.C3H7NO2/c1-2-3-4-5-6(8)7(9)10;1-2(4)3(5)6/h6H,2-5,8H2,1H3,(H,9,10);2H,4H2,1H3,(H,5,6)/t;2-/m.0/s1. The highest BCUT2D eigenvalue weighted by Crippen LogP contribution is 2.01. The SMILES string of the molecule is CCCCCC(N)C(=O)O.C[C@H](N)C(=O)O. The van der Waals surface area contributed by atoms with Crippen molar-refractivity contribution in [3.63, 3.8) is 0 Å². The molecule has 96 valence electrons. The molecule has 0 bridgehead atoms. The highest BCUT2D eigenvalue weighted by Gasteiger charge is 2.09. The molecule has 0 aliphatic carbocycles. The van der Waals surface area contributed by atoms with Crippen LogP contribution in [-0.2, 0) is 9.59 Å². The van der Waals surface area contributed by atoms with Crippen LogP contribution < -0.4 is 11.5 Å². The van der Waals surface area contributed by atoms with Crippen molar-refractivity contribution in [1.82, 2.24) is 0 Å². The first kappa shape index (κ1) is 17.3. The van der Waals surface area contributed by atoms with E-state index in [4.69, 9.17) is 21.7 Å². The summed E-state index contributed by atoms with van der Waals surface area (Å²) in [5.74, 6) is -1.86. The van der Waals surface area contributed by atoms with Crippen LogP contribution in [0.4, 0.5) is 0 Å². The zero-order valence-corrected chi connectivity index (χ0v) is 9.85. The van der Waals surface area contributed by atoms with E-state index in [-0.39, 0.29) is 0 Å². The molecule has 0 aliphatic heterocycles. The third-order valence-electron chi connectivity index (χ3n) is 1.83. The van der Waals surface area contributed by atoms with Gasteiger partial charge in [0.1, 0.15) is 12.1 Å². The number of carbonyl (C=O) groups is 2. The Bertz CT molecular complexity index is 207. The summed E-state index contributed by atoms with van der Waals surface area (Å²) in [6, 6.07) is -1.39. The maximum atomic E-state index is 10.2. The van der Waals surface area contributed by atoms with E-state index in [1.807, 2.05) is 0 Å². The van der Waals surface area contributed by atoms with Gasteiger partial charge in [-0.3, -0.25) is 9.59 Å². The van der Waals surface area contributed by atoms with Crippen LogP contribution in [-0.4, -0.2) is 34.2 Å². The van der Waals surface area contributed by atoms with Gasteiger partial charge in [0.05, 0.1) is 0 Å². The van der Waals surface area contributed by atoms with E-state index in [1.165, 1.54) is 6.92 Å². The van der Waals surface area contributed by atoms with Crippen LogP contribution in [0, 0.1) is 0 Å². The Morgan fingerprint density at radius 3 is 1.81 bits per heavy atom. The van der Waals surface area contributed by atoms with Crippen molar-refractivity contribution in [2.75, 3.05) is 0 Å². The van der Waals surface area contributed by atoms with Crippen LogP contribution >= 0.6 is 0 Å². The van der Waals surface area contributed by atoms with Crippen LogP contribution in [0.1, 0.15) is 39.5 Å². The van der Waals surface area contributed by atoms with Crippen LogP contribution in [0.25, 0.3) is 0 Å². The van der Waals surface area contributed by atoms with Crippen LogP contribution in [0.5, 0.6) is 0 Å². The van der Waals surface area contributed by atoms with E-state index in [0.717, 1.165) is 19.3 Å². The van der Waals surface area contributed by atoms with Crippen molar-refractivity contribution >= 4 is 11.9 Å². The molecule has 0 amide bonds. The highest BCUT2D eigenvalue weighted by atomic mass is 16.4. The fourth-order valence-electron chi connectivity index (χ4n) is 0.738. The Kier molecular flexibility index (Phi) is 11.2. The molecule has 0 spiro atoms. The van der Waals surface area contributed by atoms with Gasteiger partial charge in [-0.15, -0.1) is 0 Å². The molecule has 0 aromatic rings. The Morgan fingerprint density at radius 1 is 1.12 bits per heavy atom. The van der Waals surface area contributed by atoms with Crippen molar-refractivity contribution < 1.29 is 19.8 Å². The molecule has 0 rings (SSSR count). The minimum absolute atomic E-state index is 0.600. The third-order valence-corrected chi connectivity index (χ3v) is 1.83. The molecule has 16 heavy (non-hydrogen) atoms. The van der Waals surface area contributed by atoms with Gasteiger partial charge < -0.3 is 21.7 Å². The minimum atomic E-state index is -0.963. The quantitative estimate of drug-likeness (QED) is 0.492. The lowest BCUT2D eigenvalue weighted by atomic mass is 10.1. The Labute approximate surface area is 95.6 Å². The van der Waals surface area contributed by atoms with Crippen molar-refractivity contribution in [1.29, 1.82) is 0 Å². The fourth-order valence-corrected chi connectivity index (χ4v) is 0.738. The second kappa shape index (κ2) is 10.4. The van der Waals surface area contributed by atoms with Gasteiger partial charge in [-0.05, 0) is 13.3 Å². The van der Waals surface area contributed by atoms with Gasteiger partial charge in [0, 0.05) is 0 Å². The molecule has 0 radical (unpaired) electrons. The molecule has 0 aliphatic rings. The number of hydrogen-bond donors (Lipinski definition) is 4. The summed E-state index contributed by atoms with van der Waals surface area (Å²) < 4.78 is 0. The zero-order chi connectivity index (χ0) is 13.1. The van der Waals surface area contributed by atoms with E-state index in [9.17, 15) is 9.59 Å². The van der Waals surface area contributed by atoms with Crippen LogP contribution in [0.2, 0.25) is 0 Å². The number of aliphatic carboxylic acids is 2. The summed E-state index contributed by atoms with van der Waals surface area (Å²) in [6.07, 6.45) is 3.69. The number of rotatable bonds is 6. The van der Waals surface area contributed by atoms with Gasteiger partial charge >= 0.3 is 11.9 Å². The summed E-state index contributed by atoms with van der Waals surface area (Å²) in [5, 5.41) is 16.2. The largest absolute Gasteiger partial charge is 0.480 e. The summed E-state index contributed by atoms with van der Waals surface area (Å²) in [7, 11) is 0. The molecule has 2 atom stereocenters. The lowest BCUT2D eigenvalue weighted by Gasteiger charge is -2.03. The highest BCUT2D eigenvalue weighted by molar-refractivity contribution is 5.73. The molecule has 1 unspecified atom stereocenters. The molecule has 0 aromatic heterocycles. The van der Waals surface area contributed by atoms with E-state index in [2.05, 4.69) is 6.92 Å². The predicted octanol–water partition coefficient (Wildman–Crippen LogP) is 0.397. The summed E-state index contributed by atoms with van der Waals surface area (Å²) >= 11 is 0. The molecular weight excluding hydrogens is 212 g/mol. The molecule has 6 heteroatoms. The number of nitrogens with two attached hydrogens (primary N) is 2. The molecule has 0 saturated carbocycles. The van der Waals surface area contributed by atoms with Crippen LogP contribution in [0.3, 0.4) is 0 Å². The first-order chi connectivity index (χ1) is 7.32. The number of carboxylic acid groups (broad SMARTS) is 2. The van der Waals surface area contributed by atoms with E-state index >= 15 is 0 Å². The normalized spacial score (nSPS) is 13.2. The lowest BCUT2D eigenvalue weighted by Crippen LogP contribution is -2.29. The summed E-state index contributed by atoms with van der Waals surface area (Å²) in [4.78, 5) is 19.7. The van der Waals surface area contributed by atoms with Crippen molar-refractivity contribution in [3.8, 4) is 0 Å². The topological polar surface area (TPSA) is 127 Å². The zero-order valence-electron chi connectivity index (χ0n) is 9.85. The lowest BCUT2D eigenvalue weighted by molar-refractivity contribution is -0.139. The second-order valence-corrected chi connectivity index (χ2v) is 3.57. The monoisotopic (exact) mass is 234 g/mol. The molecular formula is C10H22N2O4. The van der Waals surface area contributed by atoms with Crippen molar-refractivity contribution in [2.45, 2.75) is 51.6 Å². The maximum Gasteiger partial charge on any atom is 0.320 e. The third kappa shape index (κ3) is 12.9. The van der Waals surface area contributed by atoms with Gasteiger partial charge in [0.25, 0.3) is 0 Å². The number of unbranched alkanes of at least 4 members (excludes halogenated alkanes) is 2. The summed E-state index contributed by atoms with van der Waals surface area (Å²) in [6.45, 7) is 3.49. The molecule has 0 heterocycles. The molecule has 0 saturated heterocycles. The first-order valence-electron chi connectivity index (χ1n) is 5.29. The molecule has 6 N–H and O–H groups in total. The van der Waals surface area contributed by atoms with Crippen LogP contribution in [0.15, 0.2) is 0 Å². The number of carboxylic acids is 2. The van der Waals surface area contributed by atoms with Gasteiger partial charge in [-0.2, -0.15) is 0 Å². The maximum absolute atomic E-state index is 10.2. The Hall–Kier alpha value is -1.14. The summed E-state index contributed by atoms with van der Waals surface area (Å²) in [5.41, 5.74) is 10.1. The second-order valence-electron chi connectivity index (χ2n) is 3.57. The molecule has 6 nitrogen and oxygen atoms in total. The Balaban J connectivity index is 0. The van der Waals surface area contributed by atoms with Gasteiger partial charge in [-0.25, -0.2) is 0 Å². The average Bonchev–Trinajstić information content (AvgIpc) is 2.18. The van der Waals surface area contributed by atoms with Gasteiger partial charge in [0.15, 0.2) is 0 Å². The van der Waals surface area contributed by atoms with E-state index in [1.54, 1.807) is 0 Å².